The van der Waals surface area contributed by atoms with Crippen LogP contribution in [0.15, 0.2) is 41.9 Å². The molecule has 134 valence electrons. The first-order chi connectivity index (χ1) is 12.6. The number of aromatic nitrogens is 1. The first-order valence-corrected chi connectivity index (χ1v) is 9.95. The van der Waals surface area contributed by atoms with E-state index in [0.29, 0.717) is 0 Å². The number of nitrogens with zero attached hydrogens (tertiary/aromatic N) is 2. The molecule has 1 saturated heterocycles. The number of nitrogens with one attached hydrogen (secondary N) is 1. The molecule has 1 aliphatic heterocycles. The van der Waals surface area contributed by atoms with E-state index >= 15 is 0 Å². The molecule has 4 nitrogen and oxygen atoms in total. The minimum Gasteiger partial charge on any atom is -0.355 e. The van der Waals surface area contributed by atoms with Crippen LogP contribution in [0.5, 0.6) is 0 Å². The average Bonchev–Trinajstić information content (AvgIpc) is 3.13. The number of fused-ring (bicyclic) bond motifs is 1. The van der Waals surface area contributed by atoms with Crippen molar-refractivity contribution >= 4 is 38.8 Å². The summed E-state index contributed by atoms with van der Waals surface area (Å²) in [6.45, 7) is 5.83. The summed E-state index contributed by atoms with van der Waals surface area (Å²) in [5, 5.41) is 6.39. The fourth-order valence-electron chi connectivity index (χ4n) is 3.58. The van der Waals surface area contributed by atoms with Gasteiger partial charge in [-0.05, 0) is 67.5 Å². The Kier molecular flexibility index (Phi) is 4.64. The van der Waals surface area contributed by atoms with E-state index in [0.717, 1.165) is 37.4 Å². The highest BCUT2D eigenvalue weighted by molar-refractivity contribution is 7.17. The summed E-state index contributed by atoms with van der Waals surface area (Å²) in [7, 11) is 0. The lowest BCUT2D eigenvalue weighted by molar-refractivity contribution is -0.120. The van der Waals surface area contributed by atoms with E-state index in [1.165, 1.54) is 21.2 Å². The van der Waals surface area contributed by atoms with Crippen LogP contribution in [0.2, 0.25) is 0 Å². The molecule has 0 bridgehead atoms. The Morgan fingerprint density at radius 2 is 2.12 bits per heavy atom. The number of rotatable bonds is 3. The molecule has 1 unspecified atom stereocenters. The van der Waals surface area contributed by atoms with Crippen molar-refractivity contribution in [2.45, 2.75) is 26.7 Å². The zero-order chi connectivity index (χ0) is 18.1. The Labute approximate surface area is 157 Å². The Bertz CT molecular complexity index is 949. The van der Waals surface area contributed by atoms with E-state index in [1.54, 1.807) is 11.3 Å². The van der Waals surface area contributed by atoms with Gasteiger partial charge in [0.25, 0.3) is 0 Å². The normalized spacial score (nSPS) is 17.5. The van der Waals surface area contributed by atoms with E-state index in [2.05, 4.69) is 52.6 Å². The number of piperidine rings is 1. The molecule has 5 heteroatoms. The maximum atomic E-state index is 12.8. The lowest BCUT2D eigenvalue weighted by Crippen LogP contribution is -2.41. The molecule has 26 heavy (non-hydrogen) atoms. The standard InChI is InChI=1S/C21H23N3OS/c1-14-5-6-17(12-15(14)2)23-21(25)16-4-3-10-24(13-16)20-18-8-11-26-19(18)7-9-22-20/h5-9,11-12,16H,3-4,10,13H2,1-2H3,(H,23,25). The zero-order valence-electron chi connectivity index (χ0n) is 15.2. The number of aryl methyl sites for hydroxylation is 2. The molecule has 4 rings (SSSR count). The van der Waals surface area contributed by atoms with Crippen LogP contribution < -0.4 is 10.2 Å². The van der Waals surface area contributed by atoms with E-state index in [4.69, 9.17) is 0 Å². The molecular weight excluding hydrogens is 342 g/mol. The van der Waals surface area contributed by atoms with Gasteiger partial charge in [0.1, 0.15) is 5.82 Å². The van der Waals surface area contributed by atoms with E-state index < -0.39 is 0 Å². The summed E-state index contributed by atoms with van der Waals surface area (Å²) in [6.07, 6.45) is 3.80. The Balaban J connectivity index is 1.50. The fourth-order valence-corrected chi connectivity index (χ4v) is 4.36. The quantitative estimate of drug-likeness (QED) is 0.727. The highest BCUT2D eigenvalue weighted by Gasteiger charge is 2.27. The third-order valence-electron chi connectivity index (χ3n) is 5.22. The highest BCUT2D eigenvalue weighted by Crippen LogP contribution is 2.31. The minimum atomic E-state index is -0.0129. The molecule has 1 amide bonds. The summed E-state index contributed by atoms with van der Waals surface area (Å²) in [5.74, 6) is 1.10. The molecule has 3 heterocycles. The third kappa shape index (κ3) is 3.31. The van der Waals surface area contributed by atoms with Crippen molar-refractivity contribution in [2.24, 2.45) is 5.92 Å². The van der Waals surface area contributed by atoms with Crippen molar-refractivity contribution in [1.29, 1.82) is 0 Å². The molecular formula is C21H23N3OS. The maximum Gasteiger partial charge on any atom is 0.229 e. The molecule has 0 spiro atoms. The van der Waals surface area contributed by atoms with E-state index in [-0.39, 0.29) is 11.8 Å². The molecule has 0 aliphatic carbocycles. The monoisotopic (exact) mass is 365 g/mol. The summed E-state index contributed by atoms with van der Waals surface area (Å²) in [6, 6.07) is 10.3. The second-order valence-electron chi connectivity index (χ2n) is 7.04. The predicted molar refractivity (Wildman–Crippen MR) is 109 cm³/mol. The van der Waals surface area contributed by atoms with Gasteiger partial charge in [0.15, 0.2) is 0 Å². The fraction of sp³-hybridized carbons (Fsp3) is 0.333. The van der Waals surface area contributed by atoms with Crippen molar-refractivity contribution in [2.75, 3.05) is 23.3 Å². The second kappa shape index (κ2) is 7.08. The Morgan fingerprint density at radius 3 is 2.96 bits per heavy atom. The van der Waals surface area contributed by atoms with Crippen molar-refractivity contribution in [3.8, 4) is 0 Å². The molecule has 3 aromatic rings. The highest BCUT2D eigenvalue weighted by atomic mass is 32.1. The topological polar surface area (TPSA) is 45.2 Å². The van der Waals surface area contributed by atoms with Gasteiger partial charge < -0.3 is 10.2 Å². The van der Waals surface area contributed by atoms with Crippen molar-refractivity contribution in [3.63, 3.8) is 0 Å². The van der Waals surface area contributed by atoms with Gasteiger partial charge in [-0.3, -0.25) is 4.79 Å². The van der Waals surface area contributed by atoms with E-state index in [1.807, 2.05) is 18.3 Å². The third-order valence-corrected chi connectivity index (χ3v) is 6.11. The zero-order valence-corrected chi connectivity index (χ0v) is 16.0. The molecule has 0 radical (unpaired) electrons. The number of amides is 1. The lowest BCUT2D eigenvalue weighted by Gasteiger charge is -2.33. The number of benzene rings is 1. The Morgan fingerprint density at radius 1 is 1.23 bits per heavy atom. The first-order valence-electron chi connectivity index (χ1n) is 9.07. The van der Waals surface area contributed by atoms with Crippen LogP contribution in [-0.4, -0.2) is 24.0 Å². The number of carbonyl (C=O) groups is 1. The van der Waals surface area contributed by atoms with Gasteiger partial charge >= 0.3 is 0 Å². The summed E-state index contributed by atoms with van der Waals surface area (Å²) < 4.78 is 1.25. The van der Waals surface area contributed by atoms with Gasteiger partial charge in [-0.25, -0.2) is 4.98 Å². The molecule has 1 aromatic carbocycles. The van der Waals surface area contributed by atoms with Crippen LogP contribution in [0.1, 0.15) is 24.0 Å². The van der Waals surface area contributed by atoms with Gasteiger partial charge in [0.05, 0.1) is 5.92 Å². The number of hydrogen-bond donors (Lipinski definition) is 1. The maximum absolute atomic E-state index is 12.8. The van der Waals surface area contributed by atoms with Crippen molar-refractivity contribution < 1.29 is 4.79 Å². The molecule has 0 saturated carbocycles. The van der Waals surface area contributed by atoms with Gasteiger partial charge in [-0.2, -0.15) is 0 Å². The summed E-state index contributed by atoms with van der Waals surface area (Å²) in [5.41, 5.74) is 3.32. The average molecular weight is 366 g/mol. The largest absolute Gasteiger partial charge is 0.355 e. The van der Waals surface area contributed by atoms with Crippen LogP contribution in [0.25, 0.3) is 10.1 Å². The molecule has 1 atom stereocenters. The molecule has 1 aliphatic rings. The van der Waals surface area contributed by atoms with Crippen LogP contribution in [0.4, 0.5) is 11.5 Å². The summed E-state index contributed by atoms with van der Waals surface area (Å²) in [4.78, 5) is 19.7. The molecule has 1 N–H and O–H groups in total. The van der Waals surface area contributed by atoms with Crippen LogP contribution in [0, 0.1) is 19.8 Å². The van der Waals surface area contributed by atoms with Crippen LogP contribution >= 0.6 is 11.3 Å². The Hall–Kier alpha value is -2.40. The van der Waals surface area contributed by atoms with Gasteiger partial charge in [-0.1, -0.05) is 6.07 Å². The van der Waals surface area contributed by atoms with E-state index in [9.17, 15) is 4.79 Å². The van der Waals surface area contributed by atoms with Gasteiger partial charge in [0.2, 0.25) is 5.91 Å². The first kappa shape index (κ1) is 17.0. The van der Waals surface area contributed by atoms with Crippen LogP contribution in [0.3, 0.4) is 0 Å². The number of pyridine rings is 1. The number of anilines is 2. The number of thiophene rings is 1. The van der Waals surface area contributed by atoms with Crippen molar-refractivity contribution in [1.82, 2.24) is 4.98 Å². The SMILES string of the molecule is Cc1ccc(NC(=O)C2CCCN(c3nccc4sccc34)C2)cc1C. The van der Waals surface area contributed by atoms with Crippen molar-refractivity contribution in [3.05, 3.63) is 53.0 Å². The second-order valence-corrected chi connectivity index (χ2v) is 7.99. The molecule has 2 aromatic heterocycles. The minimum absolute atomic E-state index is 0.0129. The summed E-state index contributed by atoms with van der Waals surface area (Å²) >= 11 is 1.73. The predicted octanol–water partition coefficient (Wildman–Crippen LogP) is 4.77. The smallest absolute Gasteiger partial charge is 0.229 e. The van der Waals surface area contributed by atoms with Crippen LogP contribution in [-0.2, 0) is 4.79 Å². The number of carbonyl (C=O) groups excluding carboxylic acids is 1. The lowest BCUT2D eigenvalue weighted by atomic mass is 9.96. The number of hydrogen-bond acceptors (Lipinski definition) is 4. The van der Waals surface area contributed by atoms with Gasteiger partial charge in [-0.15, -0.1) is 11.3 Å². The van der Waals surface area contributed by atoms with Gasteiger partial charge in [0, 0.05) is 35.1 Å². The molecule has 1 fully saturated rings.